The van der Waals surface area contributed by atoms with Gasteiger partial charge in [0.2, 0.25) is 5.90 Å². The number of ether oxygens (including phenoxy) is 2. The van der Waals surface area contributed by atoms with Crippen LogP contribution >= 0.6 is 0 Å². The normalized spacial score (nSPS) is 16.3. The molecular formula is C26H20N6O2. The van der Waals surface area contributed by atoms with E-state index < -0.39 is 0 Å². The fourth-order valence-corrected chi connectivity index (χ4v) is 4.89. The minimum Gasteiger partial charge on any atom is -0.497 e. The first-order chi connectivity index (χ1) is 16.8. The van der Waals surface area contributed by atoms with Gasteiger partial charge in [0, 0.05) is 12.5 Å². The van der Waals surface area contributed by atoms with Gasteiger partial charge in [-0.05, 0) is 28.5 Å². The van der Waals surface area contributed by atoms with Crippen LogP contribution in [0.25, 0.3) is 22.1 Å². The second kappa shape index (κ2) is 7.28. The van der Waals surface area contributed by atoms with Gasteiger partial charge in [0.1, 0.15) is 30.4 Å². The van der Waals surface area contributed by atoms with E-state index in [9.17, 15) is 0 Å². The maximum Gasteiger partial charge on any atom is 0.238 e. The van der Waals surface area contributed by atoms with Crippen LogP contribution in [0.4, 0.5) is 0 Å². The molecule has 5 aromatic rings. The standard InChI is InChI=1S/C26H20N6O2/c1-33-18-9-10-22-23(12-18)32-17(13-28-30-32)11-24-25(27-15-31(22)24)26-29-21(14-34-26)20-8-4-6-16-5-2-3-7-19(16)20/h2-10,12-13,15,21H,11,14H2,1H3/t21-/m1/s1. The molecular weight excluding hydrogens is 428 g/mol. The van der Waals surface area contributed by atoms with Crippen LogP contribution in [0.5, 0.6) is 5.75 Å². The fraction of sp³-hybridized carbons (Fsp3) is 0.154. The molecule has 8 heteroatoms. The summed E-state index contributed by atoms with van der Waals surface area (Å²) in [5.74, 6) is 1.33. The summed E-state index contributed by atoms with van der Waals surface area (Å²) in [7, 11) is 1.66. The number of hydrogen-bond acceptors (Lipinski definition) is 6. The predicted molar refractivity (Wildman–Crippen MR) is 127 cm³/mol. The number of imidazole rings is 1. The lowest BCUT2D eigenvalue weighted by Gasteiger charge is -2.11. The van der Waals surface area contributed by atoms with Crippen LogP contribution in [0.3, 0.4) is 0 Å². The molecule has 2 aliphatic heterocycles. The van der Waals surface area contributed by atoms with Gasteiger partial charge >= 0.3 is 0 Å². The SMILES string of the molecule is COc1ccc2c(c1)-n1nncc1Cc1c(C3=N[C@@H](c4cccc5ccccc45)CO3)ncn1-2. The Morgan fingerprint density at radius 1 is 1.03 bits per heavy atom. The van der Waals surface area contributed by atoms with Crippen molar-refractivity contribution in [3.8, 4) is 17.1 Å². The van der Waals surface area contributed by atoms with Crippen LogP contribution in [0.1, 0.15) is 28.7 Å². The molecule has 0 fully saturated rings. The van der Waals surface area contributed by atoms with Crippen molar-refractivity contribution >= 4 is 16.7 Å². The van der Waals surface area contributed by atoms with Crippen LogP contribution in [0.15, 0.2) is 78.2 Å². The Bertz CT molecular complexity index is 1590. The van der Waals surface area contributed by atoms with Gasteiger partial charge in [-0.25, -0.2) is 14.7 Å². The molecule has 3 aromatic carbocycles. The molecule has 0 unspecified atom stereocenters. The zero-order chi connectivity index (χ0) is 22.6. The zero-order valence-electron chi connectivity index (χ0n) is 18.4. The smallest absolute Gasteiger partial charge is 0.238 e. The van der Waals surface area contributed by atoms with Gasteiger partial charge in [-0.2, -0.15) is 0 Å². The van der Waals surface area contributed by atoms with Crippen LogP contribution < -0.4 is 4.74 Å². The monoisotopic (exact) mass is 448 g/mol. The molecule has 7 rings (SSSR count). The topological polar surface area (TPSA) is 79.3 Å². The molecule has 166 valence electrons. The van der Waals surface area contributed by atoms with E-state index in [0.29, 0.717) is 18.9 Å². The van der Waals surface area contributed by atoms with E-state index in [0.717, 1.165) is 39.8 Å². The summed E-state index contributed by atoms with van der Waals surface area (Å²) in [5.41, 5.74) is 5.70. The summed E-state index contributed by atoms with van der Waals surface area (Å²) in [4.78, 5) is 9.71. The number of benzene rings is 3. The number of methoxy groups -OCH3 is 1. The average Bonchev–Trinajstić information content (AvgIpc) is 3.62. The number of fused-ring (bicyclic) bond motifs is 6. The van der Waals surface area contributed by atoms with Crippen molar-refractivity contribution < 1.29 is 9.47 Å². The highest BCUT2D eigenvalue weighted by atomic mass is 16.5. The third kappa shape index (κ3) is 2.78. The number of nitrogens with zero attached hydrogens (tertiary/aromatic N) is 6. The average molecular weight is 448 g/mol. The van der Waals surface area contributed by atoms with E-state index in [1.807, 2.05) is 29.2 Å². The molecule has 2 aliphatic rings. The maximum atomic E-state index is 6.13. The van der Waals surface area contributed by atoms with Gasteiger partial charge < -0.3 is 9.47 Å². The molecule has 1 atom stereocenters. The Balaban J connectivity index is 1.34. The lowest BCUT2D eigenvalue weighted by atomic mass is 10.00. The Morgan fingerprint density at radius 3 is 2.88 bits per heavy atom. The van der Waals surface area contributed by atoms with E-state index in [-0.39, 0.29) is 6.04 Å². The predicted octanol–water partition coefficient (Wildman–Crippen LogP) is 4.04. The van der Waals surface area contributed by atoms with Crippen molar-refractivity contribution in [1.82, 2.24) is 24.5 Å². The number of aromatic nitrogens is 5. The van der Waals surface area contributed by atoms with Gasteiger partial charge in [0.25, 0.3) is 0 Å². The quantitative estimate of drug-likeness (QED) is 0.408. The van der Waals surface area contributed by atoms with Crippen molar-refractivity contribution in [3.63, 3.8) is 0 Å². The molecule has 0 saturated carbocycles. The summed E-state index contributed by atoms with van der Waals surface area (Å²) in [6, 6.07) is 20.5. The van der Waals surface area contributed by atoms with E-state index in [1.54, 1.807) is 13.3 Å². The zero-order valence-corrected chi connectivity index (χ0v) is 18.4. The van der Waals surface area contributed by atoms with Gasteiger partial charge in [-0.1, -0.05) is 47.7 Å². The van der Waals surface area contributed by atoms with Crippen LogP contribution in [-0.4, -0.2) is 44.2 Å². The van der Waals surface area contributed by atoms with Gasteiger partial charge in [0.05, 0.1) is 36.1 Å². The highest BCUT2D eigenvalue weighted by Crippen LogP contribution is 2.34. The minimum absolute atomic E-state index is 0.0760. The molecule has 0 radical (unpaired) electrons. The first kappa shape index (κ1) is 19.0. The number of rotatable bonds is 3. The molecule has 4 heterocycles. The van der Waals surface area contributed by atoms with Gasteiger partial charge in [0.15, 0.2) is 0 Å². The largest absolute Gasteiger partial charge is 0.497 e. The molecule has 34 heavy (non-hydrogen) atoms. The Labute approximate surface area is 195 Å². The molecule has 0 aliphatic carbocycles. The van der Waals surface area contributed by atoms with Crippen LogP contribution in [-0.2, 0) is 11.2 Å². The van der Waals surface area contributed by atoms with E-state index in [2.05, 4.69) is 57.3 Å². The molecule has 0 N–H and O–H groups in total. The van der Waals surface area contributed by atoms with Crippen LogP contribution in [0, 0.1) is 0 Å². The van der Waals surface area contributed by atoms with E-state index in [4.69, 9.17) is 19.5 Å². The number of aliphatic imine (C=N–C) groups is 1. The molecule has 0 saturated heterocycles. The first-order valence-electron chi connectivity index (χ1n) is 11.1. The molecule has 2 aromatic heterocycles. The minimum atomic E-state index is -0.0760. The second-order valence-corrected chi connectivity index (χ2v) is 8.41. The molecule has 8 nitrogen and oxygen atoms in total. The van der Waals surface area contributed by atoms with Gasteiger partial charge in [-0.15, -0.1) is 5.10 Å². The molecule has 0 spiro atoms. The lowest BCUT2D eigenvalue weighted by Crippen LogP contribution is -2.08. The summed E-state index contributed by atoms with van der Waals surface area (Å²) < 4.78 is 15.5. The lowest BCUT2D eigenvalue weighted by molar-refractivity contribution is 0.319. The van der Waals surface area contributed by atoms with E-state index in [1.165, 1.54) is 10.8 Å². The summed E-state index contributed by atoms with van der Waals surface area (Å²) in [6.45, 7) is 0.489. The summed E-state index contributed by atoms with van der Waals surface area (Å²) in [5, 5.41) is 10.9. The highest BCUT2D eigenvalue weighted by molar-refractivity contribution is 5.95. The molecule has 0 amide bonds. The summed E-state index contributed by atoms with van der Waals surface area (Å²) >= 11 is 0. The highest BCUT2D eigenvalue weighted by Gasteiger charge is 2.30. The van der Waals surface area contributed by atoms with Crippen molar-refractivity contribution in [2.24, 2.45) is 4.99 Å². The maximum absolute atomic E-state index is 6.13. The second-order valence-electron chi connectivity index (χ2n) is 8.41. The number of hydrogen-bond donors (Lipinski definition) is 0. The van der Waals surface area contributed by atoms with Crippen molar-refractivity contribution in [2.45, 2.75) is 12.5 Å². The fourth-order valence-electron chi connectivity index (χ4n) is 4.89. The molecule has 0 bridgehead atoms. The van der Waals surface area contributed by atoms with Crippen molar-refractivity contribution in [1.29, 1.82) is 0 Å². The van der Waals surface area contributed by atoms with Gasteiger partial charge in [-0.3, -0.25) is 4.57 Å². The Morgan fingerprint density at radius 2 is 1.94 bits per heavy atom. The summed E-state index contributed by atoms with van der Waals surface area (Å²) in [6.07, 6.45) is 4.21. The van der Waals surface area contributed by atoms with Crippen molar-refractivity contribution in [2.75, 3.05) is 13.7 Å². The van der Waals surface area contributed by atoms with Crippen LogP contribution in [0.2, 0.25) is 0 Å². The third-order valence-corrected chi connectivity index (χ3v) is 6.54. The Hall–Kier alpha value is -4.46. The Kier molecular flexibility index (Phi) is 4.08. The van der Waals surface area contributed by atoms with Crippen molar-refractivity contribution in [3.05, 3.63) is 95.8 Å². The third-order valence-electron chi connectivity index (χ3n) is 6.54. The van der Waals surface area contributed by atoms with E-state index >= 15 is 0 Å². The first-order valence-corrected chi connectivity index (χ1v) is 11.1.